The first-order chi connectivity index (χ1) is 5.70. The molecule has 12 heavy (non-hydrogen) atoms. The van der Waals surface area contributed by atoms with Crippen molar-refractivity contribution >= 4 is 21.7 Å². The van der Waals surface area contributed by atoms with Gasteiger partial charge in [-0.3, -0.25) is 4.79 Å². The van der Waals surface area contributed by atoms with Crippen LogP contribution >= 0.6 is 11.3 Å². The van der Waals surface area contributed by atoms with Crippen LogP contribution in [-0.2, 0) is 7.05 Å². The maximum atomic E-state index is 11.1. The predicted molar refractivity (Wildman–Crippen MR) is 46.5 cm³/mol. The maximum Gasteiger partial charge on any atom is 0.255 e. The van der Waals surface area contributed by atoms with Crippen LogP contribution in [-0.4, -0.2) is 14.7 Å². The molecule has 0 radical (unpaired) electrons. The van der Waals surface area contributed by atoms with Crippen molar-refractivity contribution in [3.05, 3.63) is 21.9 Å². The van der Waals surface area contributed by atoms with Crippen LogP contribution in [0.15, 0.2) is 16.4 Å². The van der Waals surface area contributed by atoms with Gasteiger partial charge in [-0.05, 0) is 0 Å². The third-order valence-electron chi connectivity index (χ3n) is 1.69. The van der Waals surface area contributed by atoms with E-state index in [1.807, 2.05) is 0 Å². The van der Waals surface area contributed by atoms with Gasteiger partial charge in [-0.25, -0.2) is 4.98 Å². The normalized spacial score (nSPS) is 10.8. The van der Waals surface area contributed by atoms with Gasteiger partial charge in [0, 0.05) is 13.1 Å². The Kier molecular flexibility index (Phi) is 1.41. The Morgan fingerprint density at radius 3 is 3.17 bits per heavy atom. The Morgan fingerprint density at radius 1 is 1.67 bits per heavy atom. The number of aromatic hydroxyl groups is 1. The monoisotopic (exact) mass is 182 g/mol. The highest BCUT2D eigenvalue weighted by atomic mass is 32.1. The lowest BCUT2D eigenvalue weighted by Crippen LogP contribution is -2.14. The molecule has 4 nitrogen and oxygen atoms in total. The Bertz CT molecular complexity index is 486. The van der Waals surface area contributed by atoms with Crippen molar-refractivity contribution < 1.29 is 5.11 Å². The van der Waals surface area contributed by atoms with Gasteiger partial charge in [-0.15, -0.1) is 11.3 Å². The van der Waals surface area contributed by atoms with Crippen LogP contribution in [0.1, 0.15) is 0 Å². The minimum Gasteiger partial charge on any atom is -0.505 e. The number of pyridine rings is 1. The summed E-state index contributed by atoms with van der Waals surface area (Å²) >= 11 is 1.33. The first-order valence-corrected chi connectivity index (χ1v) is 4.20. The minimum atomic E-state index is -0.218. The Labute approximate surface area is 71.7 Å². The first-order valence-electron chi connectivity index (χ1n) is 3.32. The molecular formula is C7H6N2O2S. The topological polar surface area (TPSA) is 55.1 Å². The Morgan fingerprint density at radius 2 is 2.42 bits per heavy atom. The highest BCUT2D eigenvalue weighted by Crippen LogP contribution is 2.22. The molecule has 2 heterocycles. The van der Waals surface area contributed by atoms with E-state index < -0.39 is 0 Å². The molecule has 0 atom stereocenters. The lowest BCUT2D eigenvalue weighted by atomic mass is 10.4. The van der Waals surface area contributed by atoms with E-state index in [2.05, 4.69) is 4.98 Å². The number of aromatic nitrogens is 2. The average molecular weight is 182 g/mol. The summed E-state index contributed by atoms with van der Waals surface area (Å²) in [6, 6.07) is 1.17. The molecule has 2 aromatic rings. The summed E-state index contributed by atoms with van der Waals surface area (Å²) in [6.45, 7) is 0. The van der Waals surface area contributed by atoms with E-state index in [4.69, 9.17) is 0 Å². The molecule has 2 rings (SSSR count). The summed E-state index contributed by atoms with van der Waals surface area (Å²) in [7, 11) is 1.66. The summed E-state index contributed by atoms with van der Waals surface area (Å²) in [5.41, 5.74) is 1.87. The van der Waals surface area contributed by atoms with E-state index in [0.29, 0.717) is 10.3 Å². The van der Waals surface area contributed by atoms with Crippen LogP contribution < -0.4 is 5.56 Å². The SMILES string of the molecule is Cn1c(=O)cc(O)c2ncsc21. The summed E-state index contributed by atoms with van der Waals surface area (Å²) in [6.07, 6.45) is 0. The summed E-state index contributed by atoms with van der Waals surface area (Å²) < 4.78 is 1.46. The Balaban J connectivity index is 3.07. The van der Waals surface area contributed by atoms with Crippen molar-refractivity contribution in [2.75, 3.05) is 0 Å². The van der Waals surface area contributed by atoms with Crippen molar-refractivity contribution in [2.45, 2.75) is 0 Å². The van der Waals surface area contributed by atoms with Gasteiger partial charge in [0.25, 0.3) is 5.56 Å². The van der Waals surface area contributed by atoms with E-state index in [9.17, 15) is 9.90 Å². The Hall–Kier alpha value is -1.36. The number of fused-ring (bicyclic) bond motifs is 1. The summed E-state index contributed by atoms with van der Waals surface area (Å²) in [5, 5.41) is 9.30. The molecule has 0 fully saturated rings. The van der Waals surface area contributed by atoms with Gasteiger partial charge in [0.05, 0.1) is 5.51 Å². The van der Waals surface area contributed by atoms with Crippen LogP contribution in [0.5, 0.6) is 5.75 Å². The average Bonchev–Trinajstić information content (AvgIpc) is 2.48. The largest absolute Gasteiger partial charge is 0.505 e. The fraction of sp³-hybridized carbons (Fsp3) is 0.143. The quantitative estimate of drug-likeness (QED) is 0.652. The molecule has 0 saturated carbocycles. The second-order valence-electron chi connectivity index (χ2n) is 2.43. The number of hydrogen-bond acceptors (Lipinski definition) is 4. The third-order valence-corrected chi connectivity index (χ3v) is 2.59. The molecule has 0 saturated heterocycles. The van der Waals surface area contributed by atoms with Crippen molar-refractivity contribution in [3.8, 4) is 5.75 Å². The zero-order chi connectivity index (χ0) is 8.72. The van der Waals surface area contributed by atoms with Crippen LogP contribution in [0, 0.1) is 0 Å². The number of aryl methyl sites for hydroxylation is 1. The zero-order valence-electron chi connectivity index (χ0n) is 6.31. The van der Waals surface area contributed by atoms with E-state index in [0.717, 1.165) is 0 Å². The van der Waals surface area contributed by atoms with E-state index in [1.54, 1.807) is 12.6 Å². The van der Waals surface area contributed by atoms with Gasteiger partial charge in [-0.2, -0.15) is 0 Å². The zero-order valence-corrected chi connectivity index (χ0v) is 7.13. The molecule has 0 aromatic carbocycles. The van der Waals surface area contributed by atoms with Gasteiger partial charge in [0.2, 0.25) is 0 Å². The molecule has 0 bridgehead atoms. The standard InChI is InChI=1S/C7H6N2O2S/c1-9-5(11)2-4(10)6-7(9)12-3-8-6/h2-3,10H,1H3. The molecule has 0 aliphatic carbocycles. The second-order valence-corrected chi connectivity index (χ2v) is 3.27. The van der Waals surface area contributed by atoms with Crippen molar-refractivity contribution in [3.63, 3.8) is 0 Å². The molecule has 5 heteroatoms. The van der Waals surface area contributed by atoms with Gasteiger partial charge < -0.3 is 9.67 Å². The van der Waals surface area contributed by atoms with E-state index >= 15 is 0 Å². The highest BCUT2D eigenvalue weighted by molar-refractivity contribution is 7.16. The third kappa shape index (κ3) is 0.831. The van der Waals surface area contributed by atoms with Crippen molar-refractivity contribution in [1.29, 1.82) is 0 Å². The van der Waals surface area contributed by atoms with E-state index in [1.165, 1.54) is 22.0 Å². The highest BCUT2D eigenvalue weighted by Gasteiger charge is 2.06. The molecule has 0 aliphatic heterocycles. The maximum absolute atomic E-state index is 11.1. The molecule has 0 amide bonds. The molecule has 0 aliphatic rings. The van der Waals surface area contributed by atoms with Gasteiger partial charge in [0.1, 0.15) is 16.1 Å². The molecule has 1 N–H and O–H groups in total. The van der Waals surface area contributed by atoms with Crippen molar-refractivity contribution in [2.24, 2.45) is 7.05 Å². The predicted octanol–water partition coefficient (Wildman–Crippen LogP) is 0.701. The fourth-order valence-electron chi connectivity index (χ4n) is 1.04. The van der Waals surface area contributed by atoms with Crippen molar-refractivity contribution in [1.82, 2.24) is 9.55 Å². The number of thiazole rings is 1. The second kappa shape index (κ2) is 2.31. The molecule has 2 aromatic heterocycles. The van der Waals surface area contributed by atoms with Gasteiger partial charge in [-0.1, -0.05) is 0 Å². The van der Waals surface area contributed by atoms with Crippen LogP contribution in [0.4, 0.5) is 0 Å². The lowest BCUT2D eigenvalue weighted by Gasteiger charge is -1.98. The minimum absolute atomic E-state index is 0.0469. The molecular weight excluding hydrogens is 176 g/mol. The lowest BCUT2D eigenvalue weighted by molar-refractivity contribution is 0.478. The van der Waals surface area contributed by atoms with Crippen LogP contribution in [0.25, 0.3) is 10.3 Å². The summed E-state index contributed by atoms with van der Waals surface area (Å²) in [4.78, 5) is 15.8. The number of rotatable bonds is 0. The molecule has 62 valence electrons. The summed E-state index contributed by atoms with van der Waals surface area (Å²) in [5.74, 6) is -0.0469. The fourth-order valence-corrected chi connectivity index (χ4v) is 1.81. The molecule has 0 spiro atoms. The van der Waals surface area contributed by atoms with Crippen LogP contribution in [0.3, 0.4) is 0 Å². The molecule has 0 unspecified atom stereocenters. The van der Waals surface area contributed by atoms with Gasteiger partial charge in [0.15, 0.2) is 0 Å². The number of nitrogens with zero attached hydrogens (tertiary/aromatic N) is 2. The number of hydrogen-bond donors (Lipinski definition) is 1. The van der Waals surface area contributed by atoms with Crippen LogP contribution in [0.2, 0.25) is 0 Å². The first kappa shape index (κ1) is 7.30. The van der Waals surface area contributed by atoms with E-state index in [-0.39, 0.29) is 11.3 Å². The smallest absolute Gasteiger partial charge is 0.255 e. The van der Waals surface area contributed by atoms with Gasteiger partial charge >= 0.3 is 0 Å².